The van der Waals surface area contributed by atoms with Crippen LogP contribution < -0.4 is 0 Å². The first-order chi connectivity index (χ1) is 10.7. The minimum absolute atomic E-state index is 1.05. The predicted molar refractivity (Wildman–Crippen MR) is 96.3 cm³/mol. The van der Waals surface area contributed by atoms with Gasteiger partial charge in [-0.05, 0) is 76.1 Å². The third-order valence-corrected chi connectivity index (χ3v) is 5.13. The summed E-state index contributed by atoms with van der Waals surface area (Å²) in [4.78, 5) is 0. The van der Waals surface area contributed by atoms with Gasteiger partial charge in [0, 0.05) is 0 Å². The first-order valence-electron chi connectivity index (χ1n) is 8.07. The average molecular weight is 282 g/mol. The Labute approximate surface area is 130 Å². The Bertz CT molecular complexity index is 1030. The summed E-state index contributed by atoms with van der Waals surface area (Å²) in [5.74, 6) is 0. The SMILES string of the molecule is CC1=Cc2c3c4c(cc(C)cc4c4cccc(c24)C1)C=CC3. The second kappa shape index (κ2) is 4.10. The Morgan fingerprint density at radius 2 is 1.86 bits per heavy atom. The summed E-state index contributed by atoms with van der Waals surface area (Å²) >= 11 is 0. The number of allylic oxidation sites excluding steroid dienone is 2. The van der Waals surface area contributed by atoms with E-state index in [1.54, 1.807) is 0 Å². The lowest BCUT2D eigenvalue weighted by molar-refractivity contribution is 1.15. The largest absolute Gasteiger partial charge is 0.0795 e. The van der Waals surface area contributed by atoms with Gasteiger partial charge >= 0.3 is 0 Å². The van der Waals surface area contributed by atoms with E-state index in [9.17, 15) is 0 Å². The molecule has 0 heteroatoms. The molecule has 3 aromatic rings. The van der Waals surface area contributed by atoms with Crippen molar-refractivity contribution >= 4 is 33.7 Å². The molecule has 2 aliphatic rings. The molecule has 0 fully saturated rings. The van der Waals surface area contributed by atoms with Crippen molar-refractivity contribution in [3.05, 3.63) is 69.8 Å². The normalized spacial score (nSPS) is 15.5. The van der Waals surface area contributed by atoms with E-state index in [1.807, 2.05) is 0 Å². The number of benzene rings is 3. The lowest BCUT2D eigenvalue weighted by Gasteiger charge is -2.24. The van der Waals surface area contributed by atoms with Crippen molar-refractivity contribution in [2.24, 2.45) is 0 Å². The van der Waals surface area contributed by atoms with Crippen LogP contribution in [0.15, 0.2) is 42.0 Å². The van der Waals surface area contributed by atoms with Gasteiger partial charge in [0.2, 0.25) is 0 Å². The van der Waals surface area contributed by atoms with Crippen LogP contribution in [-0.4, -0.2) is 0 Å². The lowest BCUT2D eigenvalue weighted by Crippen LogP contribution is -2.04. The summed E-state index contributed by atoms with van der Waals surface area (Å²) in [5, 5.41) is 5.82. The topological polar surface area (TPSA) is 0 Å². The molecule has 0 aromatic heterocycles. The minimum Gasteiger partial charge on any atom is -0.0795 e. The summed E-state index contributed by atoms with van der Waals surface area (Å²) < 4.78 is 0. The van der Waals surface area contributed by atoms with Crippen molar-refractivity contribution in [3.63, 3.8) is 0 Å². The van der Waals surface area contributed by atoms with Crippen molar-refractivity contribution in [1.82, 2.24) is 0 Å². The Balaban J connectivity index is 2.13. The zero-order valence-electron chi connectivity index (χ0n) is 13.0. The highest BCUT2D eigenvalue weighted by Gasteiger charge is 2.21. The van der Waals surface area contributed by atoms with Crippen molar-refractivity contribution in [3.8, 4) is 0 Å². The molecule has 2 aliphatic carbocycles. The van der Waals surface area contributed by atoms with Crippen LogP contribution >= 0.6 is 0 Å². The van der Waals surface area contributed by atoms with E-state index in [0.717, 1.165) is 12.8 Å². The molecule has 0 saturated carbocycles. The highest BCUT2D eigenvalue weighted by Crippen LogP contribution is 2.42. The molecule has 0 bridgehead atoms. The molecule has 0 nitrogen and oxygen atoms in total. The van der Waals surface area contributed by atoms with Crippen LogP contribution in [0.5, 0.6) is 0 Å². The molecule has 3 aromatic carbocycles. The molecule has 0 radical (unpaired) electrons. The average Bonchev–Trinajstić information content (AvgIpc) is 2.51. The molecule has 0 saturated heterocycles. The summed E-state index contributed by atoms with van der Waals surface area (Å²) in [6.07, 6.45) is 9.18. The van der Waals surface area contributed by atoms with Crippen LogP contribution in [0.3, 0.4) is 0 Å². The molecule has 106 valence electrons. The number of rotatable bonds is 0. The third-order valence-electron chi connectivity index (χ3n) is 5.13. The van der Waals surface area contributed by atoms with Gasteiger partial charge in [-0.2, -0.15) is 0 Å². The zero-order valence-corrected chi connectivity index (χ0v) is 13.0. The van der Waals surface area contributed by atoms with Gasteiger partial charge in [0.25, 0.3) is 0 Å². The van der Waals surface area contributed by atoms with Crippen LogP contribution in [0.1, 0.15) is 34.7 Å². The van der Waals surface area contributed by atoms with E-state index in [4.69, 9.17) is 0 Å². The second-order valence-corrected chi connectivity index (χ2v) is 6.78. The van der Waals surface area contributed by atoms with Gasteiger partial charge in [0.1, 0.15) is 0 Å². The molecule has 0 atom stereocenters. The number of hydrogen-bond donors (Lipinski definition) is 0. The minimum atomic E-state index is 1.05. The highest BCUT2D eigenvalue weighted by atomic mass is 14.2. The second-order valence-electron chi connectivity index (χ2n) is 6.78. The van der Waals surface area contributed by atoms with Crippen molar-refractivity contribution in [2.75, 3.05) is 0 Å². The van der Waals surface area contributed by atoms with Crippen molar-refractivity contribution < 1.29 is 0 Å². The fraction of sp³-hybridized carbons (Fsp3) is 0.182. The quantitative estimate of drug-likeness (QED) is 0.455. The van der Waals surface area contributed by atoms with Crippen LogP contribution in [0, 0.1) is 6.92 Å². The van der Waals surface area contributed by atoms with E-state index < -0.39 is 0 Å². The van der Waals surface area contributed by atoms with Crippen LogP contribution in [0.2, 0.25) is 0 Å². The summed E-state index contributed by atoms with van der Waals surface area (Å²) in [6.45, 7) is 4.46. The summed E-state index contributed by atoms with van der Waals surface area (Å²) in [5.41, 5.74) is 8.68. The van der Waals surface area contributed by atoms with E-state index in [2.05, 4.69) is 62.4 Å². The zero-order chi connectivity index (χ0) is 14.8. The van der Waals surface area contributed by atoms with Gasteiger partial charge in [-0.1, -0.05) is 54.1 Å². The fourth-order valence-electron chi connectivity index (χ4n) is 4.34. The molecule has 22 heavy (non-hydrogen) atoms. The molecule has 0 amide bonds. The van der Waals surface area contributed by atoms with E-state index in [0.29, 0.717) is 0 Å². The van der Waals surface area contributed by atoms with Crippen molar-refractivity contribution in [1.29, 1.82) is 0 Å². The Hall–Kier alpha value is -2.34. The lowest BCUT2D eigenvalue weighted by atomic mass is 9.80. The molecular weight excluding hydrogens is 264 g/mol. The molecule has 0 spiro atoms. The van der Waals surface area contributed by atoms with E-state index in [1.165, 1.54) is 54.9 Å². The van der Waals surface area contributed by atoms with E-state index in [-0.39, 0.29) is 0 Å². The van der Waals surface area contributed by atoms with Gasteiger partial charge in [0.15, 0.2) is 0 Å². The Morgan fingerprint density at radius 1 is 0.955 bits per heavy atom. The molecule has 0 aliphatic heterocycles. The number of hydrogen-bond acceptors (Lipinski definition) is 0. The molecule has 5 rings (SSSR count). The third kappa shape index (κ3) is 1.47. The van der Waals surface area contributed by atoms with Gasteiger partial charge in [0.05, 0.1) is 0 Å². The Kier molecular flexibility index (Phi) is 2.28. The van der Waals surface area contributed by atoms with Crippen LogP contribution in [0.25, 0.3) is 33.7 Å². The van der Waals surface area contributed by atoms with Crippen LogP contribution in [0.4, 0.5) is 0 Å². The Morgan fingerprint density at radius 3 is 2.77 bits per heavy atom. The standard InChI is InChI=1S/C22H18/c1-13-9-15-5-3-8-18-20-12-14(2)10-16-6-4-7-17(22(16)20)19(11-13)21(15)18/h3-7,9,11-12H,8,10H2,1-2H3. The van der Waals surface area contributed by atoms with Gasteiger partial charge in [-0.3, -0.25) is 0 Å². The molecule has 0 heterocycles. The number of aryl methyl sites for hydroxylation is 1. The van der Waals surface area contributed by atoms with Crippen molar-refractivity contribution in [2.45, 2.75) is 26.7 Å². The molecular formula is C22H18. The van der Waals surface area contributed by atoms with Crippen LogP contribution in [-0.2, 0) is 12.8 Å². The van der Waals surface area contributed by atoms with Gasteiger partial charge in [-0.15, -0.1) is 0 Å². The first-order valence-corrected chi connectivity index (χ1v) is 8.07. The molecule has 0 N–H and O–H groups in total. The van der Waals surface area contributed by atoms with Gasteiger partial charge < -0.3 is 0 Å². The first kappa shape index (κ1) is 12.2. The predicted octanol–water partition coefficient (Wildman–Crippen LogP) is 5.83. The maximum atomic E-state index is 2.42. The summed E-state index contributed by atoms with van der Waals surface area (Å²) in [6, 6.07) is 11.5. The number of fused-ring (bicyclic) bond motifs is 2. The van der Waals surface area contributed by atoms with E-state index >= 15 is 0 Å². The fourth-order valence-corrected chi connectivity index (χ4v) is 4.34. The summed E-state index contributed by atoms with van der Waals surface area (Å²) in [7, 11) is 0. The maximum Gasteiger partial charge on any atom is -0.00602 e. The maximum absolute atomic E-state index is 2.42. The molecule has 0 unspecified atom stereocenters. The van der Waals surface area contributed by atoms with Gasteiger partial charge in [-0.25, -0.2) is 0 Å². The smallest absolute Gasteiger partial charge is 0.00602 e. The monoisotopic (exact) mass is 282 g/mol. The highest BCUT2D eigenvalue weighted by molar-refractivity contribution is 6.17.